The third kappa shape index (κ3) is 2.27. The zero-order chi connectivity index (χ0) is 13.3. The molecule has 0 aromatic heterocycles. The fraction of sp³-hybridized carbons (Fsp3) is 0.533. The molecule has 1 aliphatic rings. The molecule has 0 bridgehead atoms. The molecule has 1 saturated heterocycles. The fourth-order valence-electron chi connectivity index (χ4n) is 2.67. The highest BCUT2D eigenvalue weighted by molar-refractivity contribution is 6.02. The van der Waals surface area contributed by atoms with E-state index in [1.54, 1.807) is 7.11 Å². The van der Waals surface area contributed by atoms with Crippen molar-refractivity contribution in [3.63, 3.8) is 0 Å². The summed E-state index contributed by atoms with van der Waals surface area (Å²) >= 11 is 0. The Morgan fingerprint density at radius 3 is 2.67 bits per heavy atom. The Morgan fingerprint density at radius 1 is 1.39 bits per heavy atom. The van der Waals surface area contributed by atoms with Gasteiger partial charge in [-0.2, -0.15) is 0 Å². The van der Waals surface area contributed by atoms with Crippen molar-refractivity contribution in [3.05, 3.63) is 28.8 Å². The Labute approximate surface area is 108 Å². The van der Waals surface area contributed by atoms with E-state index in [0.29, 0.717) is 17.9 Å². The highest BCUT2D eigenvalue weighted by Gasteiger charge is 2.33. The van der Waals surface area contributed by atoms with E-state index >= 15 is 0 Å². The number of ether oxygens (including phenoxy) is 2. The maximum atomic E-state index is 12.6. The third-order valence-corrected chi connectivity index (χ3v) is 3.62. The van der Waals surface area contributed by atoms with Crippen LogP contribution in [0.15, 0.2) is 12.1 Å². The van der Waals surface area contributed by atoms with E-state index in [-0.39, 0.29) is 17.8 Å². The lowest BCUT2D eigenvalue weighted by molar-refractivity contribution is 0.0761. The van der Waals surface area contributed by atoms with Gasteiger partial charge in [0, 0.05) is 6.61 Å². The molecule has 0 N–H and O–H groups in total. The molecule has 2 atom stereocenters. The van der Waals surface area contributed by atoms with Crippen LogP contribution in [0.4, 0.5) is 0 Å². The van der Waals surface area contributed by atoms with E-state index in [4.69, 9.17) is 9.47 Å². The van der Waals surface area contributed by atoms with E-state index in [1.807, 2.05) is 32.9 Å². The summed E-state index contributed by atoms with van der Waals surface area (Å²) in [5, 5.41) is 0. The summed E-state index contributed by atoms with van der Waals surface area (Å²) in [5.41, 5.74) is 2.80. The first-order chi connectivity index (χ1) is 8.54. The molecule has 1 aromatic carbocycles. The van der Waals surface area contributed by atoms with Gasteiger partial charge in [-0.15, -0.1) is 0 Å². The van der Waals surface area contributed by atoms with Crippen LogP contribution < -0.4 is 4.74 Å². The molecule has 1 heterocycles. The number of rotatable bonds is 3. The number of aryl methyl sites for hydroxylation is 2. The van der Waals surface area contributed by atoms with Gasteiger partial charge in [-0.25, -0.2) is 0 Å². The Hall–Kier alpha value is -1.35. The summed E-state index contributed by atoms with van der Waals surface area (Å²) in [6.45, 7) is 6.60. The number of hydrogen-bond donors (Lipinski definition) is 0. The Morgan fingerprint density at radius 2 is 2.11 bits per heavy atom. The molecule has 0 amide bonds. The van der Waals surface area contributed by atoms with E-state index in [0.717, 1.165) is 17.5 Å². The van der Waals surface area contributed by atoms with E-state index in [2.05, 4.69) is 0 Å². The molecule has 0 radical (unpaired) electrons. The lowest BCUT2D eigenvalue weighted by Crippen LogP contribution is -2.23. The maximum absolute atomic E-state index is 12.6. The van der Waals surface area contributed by atoms with Gasteiger partial charge in [-0.05, 0) is 44.4 Å². The van der Waals surface area contributed by atoms with Gasteiger partial charge in [-0.3, -0.25) is 4.79 Å². The van der Waals surface area contributed by atoms with Gasteiger partial charge in [0.05, 0.1) is 24.7 Å². The molecule has 98 valence electrons. The average Bonchev–Trinajstić information content (AvgIpc) is 2.73. The molecule has 0 saturated carbocycles. The van der Waals surface area contributed by atoms with Crippen molar-refractivity contribution in [2.45, 2.75) is 33.3 Å². The number of carbonyl (C=O) groups excluding carboxylic acids is 1. The first-order valence-electron chi connectivity index (χ1n) is 6.35. The molecule has 2 rings (SSSR count). The van der Waals surface area contributed by atoms with Crippen LogP contribution in [0.25, 0.3) is 0 Å². The summed E-state index contributed by atoms with van der Waals surface area (Å²) < 4.78 is 10.8. The minimum atomic E-state index is -0.0414. The topological polar surface area (TPSA) is 35.5 Å². The monoisotopic (exact) mass is 248 g/mol. The molecule has 0 aliphatic carbocycles. The number of benzene rings is 1. The van der Waals surface area contributed by atoms with Crippen molar-refractivity contribution in [1.82, 2.24) is 0 Å². The van der Waals surface area contributed by atoms with Gasteiger partial charge in [0.1, 0.15) is 5.75 Å². The van der Waals surface area contributed by atoms with Gasteiger partial charge in [0.15, 0.2) is 5.78 Å². The Balaban J connectivity index is 2.41. The lowest BCUT2D eigenvalue weighted by atomic mass is 9.89. The number of Topliss-reactive ketones (excluding diaryl/α,β-unsaturated/α-hetero) is 1. The highest BCUT2D eigenvalue weighted by atomic mass is 16.5. The summed E-state index contributed by atoms with van der Waals surface area (Å²) in [5.74, 6) is 0.784. The maximum Gasteiger partial charge on any atom is 0.172 e. The van der Waals surface area contributed by atoms with Crippen LogP contribution in [0, 0.1) is 19.8 Å². The minimum absolute atomic E-state index is 0.00269. The second kappa shape index (κ2) is 5.11. The predicted octanol–water partition coefficient (Wildman–Crippen LogP) is 2.92. The second-order valence-corrected chi connectivity index (χ2v) is 4.99. The van der Waals surface area contributed by atoms with Gasteiger partial charge in [-0.1, -0.05) is 6.07 Å². The molecule has 0 spiro atoms. The van der Waals surface area contributed by atoms with Gasteiger partial charge in [0.2, 0.25) is 0 Å². The van der Waals surface area contributed by atoms with Crippen LogP contribution in [0.5, 0.6) is 5.75 Å². The molecule has 1 fully saturated rings. The van der Waals surface area contributed by atoms with Crippen LogP contribution in [0.2, 0.25) is 0 Å². The molecular formula is C15H20O3. The van der Waals surface area contributed by atoms with Crippen molar-refractivity contribution in [3.8, 4) is 5.75 Å². The van der Waals surface area contributed by atoms with Gasteiger partial charge in [0.25, 0.3) is 0 Å². The zero-order valence-corrected chi connectivity index (χ0v) is 11.4. The number of methoxy groups -OCH3 is 1. The van der Waals surface area contributed by atoms with Gasteiger partial charge < -0.3 is 9.47 Å². The molecule has 1 aliphatic heterocycles. The third-order valence-electron chi connectivity index (χ3n) is 3.62. The predicted molar refractivity (Wildman–Crippen MR) is 70.3 cm³/mol. The van der Waals surface area contributed by atoms with Gasteiger partial charge >= 0.3 is 0 Å². The van der Waals surface area contributed by atoms with Crippen molar-refractivity contribution in [2.75, 3.05) is 13.7 Å². The van der Waals surface area contributed by atoms with Crippen molar-refractivity contribution in [1.29, 1.82) is 0 Å². The van der Waals surface area contributed by atoms with E-state index < -0.39 is 0 Å². The molecule has 3 heteroatoms. The van der Waals surface area contributed by atoms with Crippen LogP contribution in [0.3, 0.4) is 0 Å². The smallest absolute Gasteiger partial charge is 0.172 e. The lowest BCUT2D eigenvalue weighted by Gasteiger charge is -2.17. The molecule has 3 nitrogen and oxygen atoms in total. The van der Waals surface area contributed by atoms with Crippen molar-refractivity contribution < 1.29 is 14.3 Å². The molecule has 18 heavy (non-hydrogen) atoms. The average molecular weight is 248 g/mol. The summed E-state index contributed by atoms with van der Waals surface area (Å²) in [6, 6.07) is 3.94. The zero-order valence-electron chi connectivity index (χ0n) is 11.4. The summed E-state index contributed by atoms with van der Waals surface area (Å²) in [6.07, 6.45) is 0.805. The van der Waals surface area contributed by atoms with Crippen LogP contribution in [0.1, 0.15) is 34.8 Å². The van der Waals surface area contributed by atoms with Crippen LogP contribution in [-0.2, 0) is 4.74 Å². The number of ketones is 1. The quantitative estimate of drug-likeness (QED) is 0.771. The van der Waals surface area contributed by atoms with E-state index in [1.165, 1.54) is 0 Å². The van der Waals surface area contributed by atoms with Crippen LogP contribution in [-0.4, -0.2) is 25.6 Å². The highest BCUT2D eigenvalue weighted by Crippen LogP contribution is 2.31. The van der Waals surface area contributed by atoms with Crippen molar-refractivity contribution in [2.24, 2.45) is 5.92 Å². The second-order valence-electron chi connectivity index (χ2n) is 4.99. The Kier molecular flexibility index (Phi) is 3.71. The first-order valence-corrected chi connectivity index (χ1v) is 6.35. The normalized spacial score (nSPS) is 23.1. The molecular weight excluding hydrogens is 228 g/mol. The van der Waals surface area contributed by atoms with Crippen molar-refractivity contribution >= 4 is 5.78 Å². The first kappa shape index (κ1) is 13.1. The Bertz CT molecular complexity index is 465. The summed E-state index contributed by atoms with van der Waals surface area (Å²) in [7, 11) is 1.61. The molecule has 1 aromatic rings. The number of carbonyl (C=O) groups is 1. The standard InChI is InChI=1S/C15H20O3/c1-9-7-10(2)14(13(8-9)17-4)15(16)12-5-6-18-11(12)3/h7-8,11-12H,5-6H2,1-4H3. The van der Waals surface area contributed by atoms with E-state index in [9.17, 15) is 4.79 Å². The minimum Gasteiger partial charge on any atom is -0.496 e. The van der Waals surface area contributed by atoms with Crippen LogP contribution >= 0.6 is 0 Å². The SMILES string of the molecule is COc1cc(C)cc(C)c1C(=O)C1CCOC1C. The summed E-state index contributed by atoms with van der Waals surface area (Å²) in [4.78, 5) is 12.6. The fourth-order valence-corrected chi connectivity index (χ4v) is 2.67. The largest absolute Gasteiger partial charge is 0.496 e. The molecule has 2 unspecified atom stereocenters. The number of hydrogen-bond acceptors (Lipinski definition) is 3.